The molecule has 2 aliphatic heterocycles. The Kier molecular flexibility index (Phi) is 5.43. The third-order valence-electron chi connectivity index (χ3n) is 6.02. The number of rotatable bonds is 5. The molecule has 1 amide bonds. The summed E-state index contributed by atoms with van der Waals surface area (Å²) >= 11 is 0. The Labute approximate surface area is 171 Å². The van der Waals surface area contributed by atoms with E-state index in [4.69, 9.17) is 20.9 Å². The molecule has 2 aliphatic rings. The van der Waals surface area contributed by atoms with Crippen molar-refractivity contribution in [3.8, 4) is 11.5 Å². The Hall–Kier alpha value is -2.64. The molecule has 1 aromatic heterocycles. The predicted molar refractivity (Wildman–Crippen MR) is 110 cm³/mol. The number of nitrogens with zero attached hydrogens (tertiary/aromatic N) is 2. The second-order valence-corrected chi connectivity index (χ2v) is 7.98. The van der Waals surface area contributed by atoms with Gasteiger partial charge < -0.3 is 20.9 Å². The Morgan fingerprint density at radius 3 is 2.86 bits per heavy atom. The number of hydrogen-bond donors (Lipinski definition) is 2. The SMILES string of the molecule is COc1cc2c(cc1OCC(N)=O)CCN1C[C@@H](c3cc(C)ccn3)[C@H](N)C[C@H]21. The summed E-state index contributed by atoms with van der Waals surface area (Å²) in [6.07, 6.45) is 3.64. The number of carbonyl (C=O) groups excluding carboxylic acids is 1. The number of methoxy groups -OCH3 is 1. The molecule has 0 saturated carbocycles. The standard InChI is InChI=1S/C22H28N4O3/c1-13-3-5-25-18(7-13)16-11-26-6-4-14-8-21(29-12-22(24)27)20(28-2)9-15(14)19(26)10-17(16)23/h3,5,7-9,16-17,19H,4,6,10-12,23H2,1-2H3,(H2,24,27)/t16-,17-,19-/m1/s1. The first-order valence-corrected chi connectivity index (χ1v) is 10.0. The molecule has 0 radical (unpaired) electrons. The summed E-state index contributed by atoms with van der Waals surface area (Å²) in [6, 6.07) is 8.45. The van der Waals surface area contributed by atoms with Gasteiger partial charge in [0.15, 0.2) is 18.1 Å². The number of aromatic nitrogens is 1. The van der Waals surface area contributed by atoms with E-state index in [0.29, 0.717) is 11.5 Å². The molecular weight excluding hydrogens is 368 g/mol. The van der Waals surface area contributed by atoms with Gasteiger partial charge in [-0.1, -0.05) is 0 Å². The van der Waals surface area contributed by atoms with Crippen molar-refractivity contribution in [2.75, 3.05) is 26.8 Å². The summed E-state index contributed by atoms with van der Waals surface area (Å²) < 4.78 is 11.1. The fourth-order valence-corrected chi connectivity index (χ4v) is 4.56. The minimum atomic E-state index is -0.509. The summed E-state index contributed by atoms with van der Waals surface area (Å²) in [5, 5.41) is 0. The molecule has 2 aromatic rings. The third-order valence-corrected chi connectivity index (χ3v) is 6.02. The van der Waals surface area contributed by atoms with Gasteiger partial charge in [0.05, 0.1) is 7.11 Å². The Bertz CT molecular complexity index is 917. The van der Waals surface area contributed by atoms with Crippen molar-refractivity contribution < 1.29 is 14.3 Å². The lowest BCUT2D eigenvalue weighted by molar-refractivity contribution is -0.119. The molecule has 0 unspecified atom stereocenters. The minimum absolute atomic E-state index is 0.0354. The van der Waals surface area contributed by atoms with Crippen LogP contribution in [0.15, 0.2) is 30.5 Å². The predicted octanol–water partition coefficient (Wildman–Crippen LogP) is 1.68. The number of hydrogen-bond acceptors (Lipinski definition) is 6. The molecule has 0 bridgehead atoms. The van der Waals surface area contributed by atoms with Gasteiger partial charge in [-0.05, 0) is 60.7 Å². The van der Waals surface area contributed by atoms with Crippen LogP contribution in [0.3, 0.4) is 0 Å². The highest BCUT2D eigenvalue weighted by molar-refractivity contribution is 5.75. The molecule has 3 heterocycles. The Morgan fingerprint density at radius 2 is 2.14 bits per heavy atom. The highest BCUT2D eigenvalue weighted by atomic mass is 16.5. The maximum Gasteiger partial charge on any atom is 0.255 e. The molecule has 154 valence electrons. The van der Waals surface area contributed by atoms with Crippen LogP contribution in [0, 0.1) is 6.92 Å². The zero-order valence-corrected chi connectivity index (χ0v) is 16.9. The lowest BCUT2D eigenvalue weighted by Crippen LogP contribution is -2.50. The molecule has 3 atom stereocenters. The van der Waals surface area contributed by atoms with Gasteiger partial charge in [0.25, 0.3) is 5.91 Å². The minimum Gasteiger partial charge on any atom is -0.493 e. The maximum absolute atomic E-state index is 11.1. The van der Waals surface area contributed by atoms with Gasteiger partial charge >= 0.3 is 0 Å². The second-order valence-electron chi connectivity index (χ2n) is 7.98. The number of fused-ring (bicyclic) bond motifs is 3. The number of amides is 1. The van der Waals surface area contributed by atoms with Gasteiger partial charge in [0, 0.05) is 43.0 Å². The van der Waals surface area contributed by atoms with Gasteiger partial charge in [0.1, 0.15) is 0 Å². The van der Waals surface area contributed by atoms with E-state index in [1.807, 2.05) is 24.4 Å². The molecule has 1 fully saturated rings. The van der Waals surface area contributed by atoms with E-state index in [0.717, 1.165) is 31.6 Å². The molecular formula is C22H28N4O3. The lowest BCUT2D eigenvalue weighted by Gasteiger charge is -2.46. The molecule has 1 aromatic carbocycles. The van der Waals surface area contributed by atoms with E-state index in [-0.39, 0.29) is 24.6 Å². The molecule has 7 nitrogen and oxygen atoms in total. The van der Waals surface area contributed by atoms with Gasteiger partial charge in [-0.25, -0.2) is 0 Å². The number of benzene rings is 1. The fraction of sp³-hybridized carbons (Fsp3) is 0.455. The molecule has 0 spiro atoms. The van der Waals surface area contributed by atoms with Gasteiger partial charge in [0.2, 0.25) is 0 Å². The van der Waals surface area contributed by atoms with Crippen molar-refractivity contribution in [1.29, 1.82) is 0 Å². The maximum atomic E-state index is 11.1. The van der Waals surface area contributed by atoms with Crippen molar-refractivity contribution in [2.24, 2.45) is 11.5 Å². The van der Waals surface area contributed by atoms with Crippen LogP contribution in [-0.4, -0.2) is 48.6 Å². The average Bonchev–Trinajstić information content (AvgIpc) is 2.71. The van der Waals surface area contributed by atoms with E-state index >= 15 is 0 Å². The zero-order chi connectivity index (χ0) is 20.5. The van der Waals surface area contributed by atoms with Crippen LogP contribution in [0.5, 0.6) is 11.5 Å². The van der Waals surface area contributed by atoms with E-state index in [1.54, 1.807) is 7.11 Å². The number of primary amides is 1. The molecule has 1 saturated heterocycles. The van der Waals surface area contributed by atoms with Crippen LogP contribution < -0.4 is 20.9 Å². The number of aryl methyl sites for hydroxylation is 1. The van der Waals surface area contributed by atoms with Crippen LogP contribution in [0.4, 0.5) is 0 Å². The summed E-state index contributed by atoms with van der Waals surface area (Å²) in [5.74, 6) is 0.890. The van der Waals surface area contributed by atoms with E-state index < -0.39 is 5.91 Å². The lowest BCUT2D eigenvalue weighted by atomic mass is 9.79. The first-order chi connectivity index (χ1) is 14.0. The van der Waals surface area contributed by atoms with Crippen LogP contribution in [-0.2, 0) is 11.2 Å². The molecule has 4 N–H and O–H groups in total. The quantitative estimate of drug-likeness (QED) is 0.797. The summed E-state index contributed by atoms with van der Waals surface area (Å²) in [4.78, 5) is 18.2. The molecule has 7 heteroatoms. The van der Waals surface area contributed by atoms with Crippen LogP contribution in [0.2, 0.25) is 0 Å². The van der Waals surface area contributed by atoms with Crippen molar-refractivity contribution in [3.05, 3.63) is 52.8 Å². The number of pyridine rings is 1. The van der Waals surface area contributed by atoms with Crippen LogP contribution >= 0.6 is 0 Å². The summed E-state index contributed by atoms with van der Waals surface area (Å²) in [5.41, 5.74) is 16.6. The number of ether oxygens (including phenoxy) is 2. The number of nitrogens with two attached hydrogens (primary N) is 2. The Morgan fingerprint density at radius 1 is 1.31 bits per heavy atom. The molecule has 29 heavy (non-hydrogen) atoms. The van der Waals surface area contributed by atoms with Gasteiger partial charge in [-0.2, -0.15) is 0 Å². The van der Waals surface area contributed by atoms with E-state index in [1.165, 1.54) is 16.7 Å². The monoisotopic (exact) mass is 396 g/mol. The number of carbonyl (C=O) groups is 1. The highest BCUT2D eigenvalue weighted by Gasteiger charge is 2.39. The first-order valence-electron chi connectivity index (χ1n) is 10.0. The topological polar surface area (TPSA) is 104 Å². The van der Waals surface area contributed by atoms with Gasteiger partial charge in [-0.15, -0.1) is 0 Å². The largest absolute Gasteiger partial charge is 0.493 e. The zero-order valence-electron chi connectivity index (χ0n) is 16.9. The van der Waals surface area contributed by atoms with E-state index in [9.17, 15) is 4.79 Å². The fourth-order valence-electron chi connectivity index (χ4n) is 4.56. The van der Waals surface area contributed by atoms with Crippen molar-refractivity contribution in [3.63, 3.8) is 0 Å². The number of piperidine rings is 1. The van der Waals surface area contributed by atoms with Crippen LogP contribution in [0.25, 0.3) is 0 Å². The van der Waals surface area contributed by atoms with Crippen molar-refractivity contribution >= 4 is 5.91 Å². The Balaban J connectivity index is 1.60. The van der Waals surface area contributed by atoms with Crippen molar-refractivity contribution in [1.82, 2.24) is 9.88 Å². The average molecular weight is 396 g/mol. The van der Waals surface area contributed by atoms with E-state index in [2.05, 4.69) is 22.9 Å². The summed E-state index contributed by atoms with van der Waals surface area (Å²) in [6.45, 7) is 3.77. The molecule has 0 aliphatic carbocycles. The van der Waals surface area contributed by atoms with Crippen molar-refractivity contribution in [2.45, 2.75) is 37.8 Å². The summed E-state index contributed by atoms with van der Waals surface area (Å²) in [7, 11) is 1.60. The highest BCUT2D eigenvalue weighted by Crippen LogP contribution is 2.44. The van der Waals surface area contributed by atoms with Crippen LogP contribution in [0.1, 0.15) is 40.8 Å². The second kappa shape index (κ2) is 8.00. The molecule has 4 rings (SSSR count). The third kappa shape index (κ3) is 3.93. The smallest absolute Gasteiger partial charge is 0.255 e. The normalized spacial score (nSPS) is 23.8. The first kappa shape index (κ1) is 19.7. The van der Waals surface area contributed by atoms with Gasteiger partial charge in [-0.3, -0.25) is 14.7 Å².